The molecule has 0 heteroatoms. The van der Waals surface area contributed by atoms with Gasteiger partial charge in [0, 0.05) is 0 Å². The summed E-state index contributed by atoms with van der Waals surface area (Å²) >= 11 is 0. The minimum absolute atomic E-state index is 0.647. The van der Waals surface area contributed by atoms with Crippen molar-refractivity contribution in [3.05, 3.63) is 69.8 Å². The van der Waals surface area contributed by atoms with Crippen molar-refractivity contribution in [1.29, 1.82) is 0 Å². The zero-order chi connectivity index (χ0) is 18.3. The van der Waals surface area contributed by atoms with Crippen molar-refractivity contribution < 1.29 is 0 Å². The van der Waals surface area contributed by atoms with Crippen LogP contribution in [0, 0.1) is 13.8 Å². The Labute approximate surface area is 150 Å². The first-order valence-corrected chi connectivity index (χ1v) is 9.48. The van der Waals surface area contributed by atoms with Crippen LogP contribution < -0.4 is 0 Å². The number of hydrogen-bond donors (Lipinski definition) is 0. The summed E-state index contributed by atoms with van der Waals surface area (Å²) in [6.45, 7) is 17.7. The molecular formula is C24H36. The van der Waals surface area contributed by atoms with E-state index in [0.29, 0.717) is 11.8 Å². The Morgan fingerprint density at radius 1 is 0.625 bits per heavy atom. The second-order valence-electron chi connectivity index (χ2n) is 7.39. The molecule has 0 amide bonds. The lowest BCUT2D eigenvalue weighted by Crippen LogP contribution is -1.95. The Balaban J connectivity index is 0.000000243. The molecule has 24 heavy (non-hydrogen) atoms. The maximum Gasteiger partial charge on any atom is -0.0219 e. The van der Waals surface area contributed by atoms with Gasteiger partial charge in [-0.05, 0) is 71.9 Å². The molecule has 0 unspecified atom stereocenters. The molecule has 0 aromatic heterocycles. The van der Waals surface area contributed by atoms with Crippen molar-refractivity contribution in [3.8, 4) is 0 Å². The quantitative estimate of drug-likeness (QED) is 0.551. The average Bonchev–Trinajstić information content (AvgIpc) is 2.56. The molecule has 132 valence electrons. The van der Waals surface area contributed by atoms with Gasteiger partial charge in [-0.1, -0.05) is 77.9 Å². The highest BCUT2D eigenvalue weighted by atomic mass is 14.1. The van der Waals surface area contributed by atoms with Crippen LogP contribution in [-0.4, -0.2) is 0 Å². The van der Waals surface area contributed by atoms with E-state index in [4.69, 9.17) is 0 Å². The van der Waals surface area contributed by atoms with Crippen LogP contribution in [0.4, 0.5) is 0 Å². The molecule has 0 aliphatic rings. The number of benzene rings is 2. The molecule has 2 aromatic carbocycles. The lowest BCUT2D eigenvalue weighted by Gasteiger charge is -2.11. The van der Waals surface area contributed by atoms with E-state index in [1.165, 1.54) is 33.4 Å². The highest BCUT2D eigenvalue weighted by molar-refractivity contribution is 5.33. The van der Waals surface area contributed by atoms with Crippen molar-refractivity contribution in [2.75, 3.05) is 0 Å². The first-order chi connectivity index (χ1) is 11.3. The number of hydrogen-bond acceptors (Lipinski definition) is 0. The van der Waals surface area contributed by atoms with Crippen molar-refractivity contribution in [2.24, 2.45) is 0 Å². The fourth-order valence-corrected chi connectivity index (χ4v) is 2.80. The van der Waals surface area contributed by atoms with E-state index in [-0.39, 0.29) is 0 Å². The topological polar surface area (TPSA) is 0 Å². The van der Waals surface area contributed by atoms with Gasteiger partial charge >= 0.3 is 0 Å². The third-order valence-corrected chi connectivity index (χ3v) is 4.86. The zero-order valence-electron chi connectivity index (χ0n) is 17.0. The predicted molar refractivity (Wildman–Crippen MR) is 109 cm³/mol. The zero-order valence-corrected chi connectivity index (χ0v) is 17.0. The Kier molecular flexibility index (Phi) is 8.25. The molecule has 0 spiro atoms. The Morgan fingerprint density at radius 2 is 1.12 bits per heavy atom. The van der Waals surface area contributed by atoms with Gasteiger partial charge < -0.3 is 0 Å². The van der Waals surface area contributed by atoms with E-state index in [1.807, 2.05) is 0 Å². The van der Waals surface area contributed by atoms with Crippen LogP contribution in [0.5, 0.6) is 0 Å². The SMILES string of the molecule is CCc1ccc(C(C)C)cc1CC.Cc1ccc(C(C)C)cc1C. The van der Waals surface area contributed by atoms with Crippen LogP contribution >= 0.6 is 0 Å². The summed E-state index contributed by atoms with van der Waals surface area (Å²) in [6.07, 6.45) is 2.31. The van der Waals surface area contributed by atoms with Crippen LogP contribution in [0.25, 0.3) is 0 Å². The standard InChI is InChI=1S/C13H20.C11H16/c1-5-11-7-8-13(10(3)4)9-12(11)6-2;1-8(2)11-6-5-9(3)10(4)7-11/h7-10H,5-6H2,1-4H3;5-8H,1-4H3. The molecular weight excluding hydrogens is 288 g/mol. The van der Waals surface area contributed by atoms with Crippen LogP contribution in [-0.2, 0) is 12.8 Å². The molecule has 2 rings (SSSR count). The second-order valence-corrected chi connectivity index (χ2v) is 7.39. The first-order valence-electron chi connectivity index (χ1n) is 9.48. The Hall–Kier alpha value is -1.56. The van der Waals surface area contributed by atoms with Gasteiger partial charge in [0.25, 0.3) is 0 Å². The summed E-state index contributed by atoms with van der Waals surface area (Å²) in [5.74, 6) is 1.30. The third kappa shape index (κ3) is 5.82. The molecule has 0 nitrogen and oxygen atoms in total. The van der Waals surface area contributed by atoms with Gasteiger partial charge in [-0.3, -0.25) is 0 Å². The molecule has 0 aliphatic heterocycles. The molecule has 0 N–H and O–H groups in total. The summed E-state index contributed by atoms with van der Waals surface area (Å²) < 4.78 is 0. The van der Waals surface area contributed by atoms with E-state index in [2.05, 4.69) is 91.8 Å². The lowest BCUT2D eigenvalue weighted by molar-refractivity contribution is 0.858. The van der Waals surface area contributed by atoms with Crippen molar-refractivity contribution in [1.82, 2.24) is 0 Å². The minimum Gasteiger partial charge on any atom is -0.0613 e. The number of aryl methyl sites for hydroxylation is 4. The van der Waals surface area contributed by atoms with Gasteiger partial charge in [-0.15, -0.1) is 0 Å². The van der Waals surface area contributed by atoms with Crippen LogP contribution in [0.3, 0.4) is 0 Å². The summed E-state index contributed by atoms with van der Waals surface area (Å²) in [5, 5.41) is 0. The molecule has 0 bridgehead atoms. The van der Waals surface area contributed by atoms with Gasteiger partial charge in [0.2, 0.25) is 0 Å². The van der Waals surface area contributed by atoms with E-state index in [1.54, 1.807) is 0 Å². The Bertz CT molecular complexity index is 632. The summed E-state index contributed by atoms with van der Waals surface area (Å²) in [7, 11) is 0. The fraction of sp³-hybridized carbons (Fsp3) is 0.500. The minimum atomic E-state index is 0.647. The molecule has 0 heterocycles. The fourth-order valence-electron chi connectivity index (χ4n) is 2.80. The highest BCUT2D eigenvalue weighted by Crippen LogP contribution is 2.20. The largest absolute Gasteiger partial charge is 0.0613 e. The molecule has 0 radical (unpaired) electrons. The smallest absolute Gasteiger partial charge is 0.0219 e. The van der Waals surface area contributed by atoms with Gasteiger partial charge in [-0.25, -0.2) is 0 Å². The lowest BCUT2D eigenvalue weighted by atomic mass is 9.95. The Morgan fingerprint density at radius 3 is 1.58 bits per heavy atom. The van der Waals surface area contributed by atoms with Gasteiger partial charge in [0.15, 0.2) is 0 Å². The monoisotopic (exact) mass is 324 g/mol. The van der Waals surface area contributed by atoms with E-state index in [0.717, 1.165) is 12.8 Å². The average molecular weight is 325 g/mol. The second kappa shape index (κ2) is 9.67. The van der Waals surface area contributed by atoms with Crippen molar-refractivity contribution in [3.63, 3.8) is 0 Å². The normalized spacial score (nSPS) is 10.8. The summed E-state index contributed by atoms with van der Waals surface area (Å²) in [5.41, 5.74) is 8.72. The van der Waals surface area contributed by atoms with Gasteiger partial charge in [0.1, 0.15) is 0 Å². The molecule has 0 saturated heterocycles. The van der Waals surface area contributed by atoms with Crippen molar-refractivity contribution in [2.45, 2.75) is 80.1 Å². The third-order valence-electron chi connectivity index (χ3n) is 4.86. The van der Waals surface area contributed by atoms with Crippen LogP contribution in [0.15, 0.2) is 36.4 Å². The predicted octanol–water partition coefficient (Wildman–Crippen LogP) is 7.36. The van der Waals surface area contributed by atoms with E-state index in [9.17, 15) is 0 Å². The van der Waals surface area contributed by atoms with E-state index < -0.39 is 0 Å². The molecule has 2 aromatic rings. The first kappa shape index (κ1) is 20.5. The number of rotatable bonds is 4. The molecule has 0 saturated carbocycles. The maximum absolute atomic E-state index is 2.36. The molecule has 0 fully saturated rings. The van der Waals surface area contributed by atoms with Crippen molar-refractivity contribution >= 4 is 0 Å². The van der Waals surface area contributed by atoms with Crippen LogP contribution in [0.1, 0.15) is 86.8 Å². The molecule has 0 atom stereocenters. The van der Waals surface area contributed by atoms with E-state index >= 15 is 0 Å². The molecule has 0 aliphatic carbocycles. The van der Waals surface area contributed by atoms with Gasteiger partial charge in [0.05, 0.1) is 0 Å². The summed E-state index contributed by atoms with van der Waals surface area (Å²) in [6, 6.07) is 13.6. The van der Waals surface area contributed by atoms with Crippen LogP contribution in [0.2, 0.25) is 0 Å². The van der Waals surface area contributed by atoms with Gasteiger partial charge in [-0.2, -0.15) is 0 Å². The summed E-state index contributed by atoms with van der Waals surface area (Å²) in [4.78, 5) is 0. The highest BCUT2D eigenvalue weighted by Gasteiger charge is 2.03. The maximum atomic E-state index is 2.36.